The average Bonchev–Trinajstić information content (AvgIpc) is 2.89. The summed E-state index contributed by atoms with van der Waals surface area (Å²) in [4.78, 5) is 15.9. The lowest BCUT2D eigenvalue weighted by Gasteiger charge is -1.98. The van der Waals surface area contributed by atoms with E-state index in [0.29, 0.717) is 5.56 Å². The third-order valence-electron chi connectivity index (χ3n) is 2.52. The van der Waals surface area contributed by atoms with Crippen LogP contribution in [-0.4, -0.2) is 16.6 Å². The van der Waals surface area contributed by atoms with E-state index < -0.39 is 0 Å². The Morgan fingerprint density at radius 3 is 2.71 bits per heavy atom. The summed E-state index contributed by atoms with van der Waals surface area (Å²) in [5.74, 6) is -0.0518. The highest BCUT2D eigenvalue weighted by Gasteiger charge is 2.02. The fourth-order valence-electron chi connectivity index (χ4n) is 1.53. The molecule has 86 valence electrons. The van der Waals surface area contributed by atoms with Crippen LogP contribution in [0.15, 0.2) is 53.7 Å². The van der Waals surface area contributed by atoms with Crippen LogP contribution in [0.2, 0.25) is 0 Å². The molecule has 0 aromatic heterocycles. The van der Waals surface area contributed by atoms with Crippen molar-refractivity contribution in [2.45, 2.75) is 13.0 Å². The predicted molar refractivity (Wildman–Crippen MR) is 67.0 cm³/mol. The summed E-state index contributed by atoms with van der Waals surface area (Å²) in [6.07, 6.45) is 7.73. The topological polar surface area (TPSA) is 49.7 Å². The second kappa shape index (κ2) is 5.37. The number of hydrogen-bond acceptors (Lipinski definition) is 3. The number of allylic oxidation sites excluding steroid dienone is 3. The third kappa shape index (κ3) is 2.98. The highest BCUT2D eigenvalue weighted by molar-refractivity contribution is 6.09. The molecule has 0 radical (unpaired) electrons. The second-order valence-electron chi connectivity index (χ2n) is 3.76. The van der Waals surface area contributed by atoms with Gasteiger partial charge in [-0.25, -0.2) is 0 Å². The van der Waals surface area contributed by atoms with E-state index in [1.165, 1.54) is 6.08 Å². The maximum absolute atomic E-state index is 11.8. The van der Waals surface area contributed by atoms with Gasteiger partial charge in [0.25, 0.3) is 0 Å². The van der Waals surface area contributed by atoms with Crippen molar-refractivity contribution < 1.29 is 9.90 Å². The minimum atomic E-state index is -0.0518. The van der Waals surface area contributed by atoms with Crippen LogP contribution in [0.3, 0.4) is 0 Å². The van der Waals surface area contributed by atoms with Crippen molar-refractivity contribution in [3.05, 3.63) is 59.8 Å². The summed E-state index contributed by atoms with van der Waals surface area (Å²) in [5, 5.41) is 8.89. The lowest BCUT2D eigenvalue weighted by atomic mass is 10.1. The normalized spacial score (nSPS) is 14.3. The van der Waals surface area contributed by atoms with Gasteiger partial charge in [0.1, 0.15) is 0 Å². The highest BCUT2D eigenvalue weighted by atomic mass is 16.3. The SMILES string of the molecule is O=C(/C=C/C1=NC=CC1)c1ccc(CO)cc1. The van der Waals surface area contributed by atoms with Gasteiger partial charge in [-0.2, -0.15) is 0 Å². The lowest BCUT2D eigenvalue weighted by molar-refractivity contribution is 0.104. The summed E-state index contributed by atoms with van der Waals surface area (Å²) < 4.78 is 0. The van der Waals surface area contributed by atoms with Crippen LogP contribution in [0, 0.1) is 0 Å². The number of carbonyl (C=O) groups is 1. The van der Waals surface area contributed by atoms with Gasteiger partial charge in [-0.15, -0.1) is 0 Å². The number of nitrogens with zero attached hydrogens (tertiary/aromatic N) is 1. The Kier molecular flexibility index (Phi) is 3.62. The van der Waals surface area contributed by atoms with Gasteiger partial charge in [0, 0.05) is 23.9 Å². The fourth-order valence-corrected chi connectivity index (χ4v) is 1.53. The smallest absolute Gasteiger partial charge is 0.185 e. The van der Waals surface area contributed by atoms with Crippen molar-refractivity contribution in [1.29, 1.82) is 0 Å². The van der Waals surface area contributed by atoms with Crippen LogP contribution in [-0.2, 0) is 6.61 Å². The van der Waals surface area contributed by atoms with Gasteiger partial charge in [-0.05, 0) is 17.7 Å². The molecule has 17 heavy (non-hydrogen) atoms. The Labute approximate surface area is 99.8 Å². The van der Waals surface area contributed by atoms with Gasteiger partial charge < -0.3 is 5.11 Å². The van der Waals surface area contributed by atoms with Crippen molar-refractivity contribution in [3.8, 4) is 0 Å². The van der Waals surface area contributed by atoms with E-state index in [4.69, 9.17) is 5.11 Å². The summed E-state index contributed by atoms with van der Waals surface area (Å²) in [5.41, 5.74) is 2.31. The Morgan fingerprint density at radius 1 is 1.35 bits per heavy atom. The minimum absolute atomic E-state index is 0.00716. The van der Waals surface area contributed by atoms with E-state index in [1.807, 2.05) is 6.08 Å². The third-order valence-corrected chi connectivity index (χ3v) is 2.52. The highest BCUT2D eigenvalue weighted by Crippen LogP contribution is 2.07. The summed E-state index contributed by atoms with van der Waals surface area (Å²) in [6.45, 7) is -0.00716. The molecular weight excluding hydrogens is 214 g/mol. The van der Waals surface area contributed by atoms with E-state index in [1.54, 1.807) is 36.5 Å². The zero-order chi connectivity index (χ0) is 12.1. The van der Waals surface area contributed by atoms with Crippen LogP contribution >= 0.6 is 0 Å². The van der Waals surface area contributed by atoms with Crippen LogP contribution < -0.4 is 0 Å². The average molecular weight is 227 g/mol. The first kappa shape index (κ1) is 11.5. The Balaban J connectivity index is 2.03. The van der Waals surface area contributed by atoms with Crippen molar-refractivity contribution in [3.63, 3.8) is 0 Å². The molecule has 0 atom stereocenters. The molecule has 0 bridgehead atoms. The van der Waals surface area contributed by atoms with Gasteiger partial charge in [0.05, 0.1) is 6.61 Å². The minimum Gasteiger partial charge on any atom is -0.392 e. The number of aliphatic hydroxyl groups is 1. The molecule has 0 aliphatic carbocycles. The number of carbonyl (C=O) groups excluding carboxylic acids is 1. The molecule has 3 nitrogen and oxygen atoms in total. The monoisotopic (exact) mass is 227 g/mol. The Hall–Kier alpha value is -2.00. The first-order valence-corrected chi connectivity index (χ1v) is 5.43. The second-order valence-corrected chi connectivity index (χ2v) is 3.76. The van der Waals surface area contributed by atoms with Gasteiger partial charge in [-0.3, -0.25) is 9.79 Å². The lowest BCUT2D eigenvalue weighted by Crippen LogP contribution is -1.96. The number of aliphatic hydroxyl groups excluding tert-OH is 1. The molecule has 2 rings (SSSR count). The van der Waals surface area contributed by atoms with E-state index >= 15 is 0 Å². The molecule has 0 amide bonds. The molecular formula is C14H13NO2. The van der Waals surface area contributed by atoms with Gasteiger partial charge >= 0.3 is 0 Å². The molecule has 1 aromatic carbocycles. The maximum atomic E-state index is 11.8. The van der Waals surface area contributed by atoms with E-state index in [0.717, 1.165) is 17.7 Å². The first-order chi connectivity index (χ1) is 8.29. The van der Waals surface area contributed by atoms with Crippen molar-refractivity contribution >= 4 is 11.5 Å². The molecule has 0 saturated heterocycles. The summed E-state index contributed by atoms with van der Waals surface area (Å²) >= 11 is 0. The number of ketones is 1. The molecule has 1 aliphatic heterocycles. The summed E-state index contributed by atoms with van der Waals surface area (Å²) in [7, 11) is 0. The number of aliphatic imine (C=N–C) groups is 1. The van der Waals surface area contributed by atoms with Crippen molar-refractivity contribution in [1.82, 2.24) is 0 Å². The van der Waals surface area contributed by atoms with Gasteiger partial charge in [0.2, 0.25) is 0 Å². The Bertz CT molecular complexity index is 495. The van der Waals surface area contributed by atoms with E-state index in [2.05, 4.69) is 4.99 Å². The number of hydrogen-bond donors (Lipinski definition) is 1. The molecule has 1 aliphatic rings. The fraction of sp³-hybridized carbons (Fsp3) is 0.143. The van der Waals surface area contributed by atoms with Gasteiger partial charge in [0.15, 0.2) is 5.78 Å². The zero-order valence-electron chi connectivity index (χ0n) is 9.34. The molecule has 0 spiro atoms. The van der Waals surface area contributed by atoms with E-state index in [9.17, 15) is 4.79 Å². The largest absolute Gasteiger partial charge is 0.392 e. The van der Waals surface area contributed by atoms with Crippen LogP contribution in [0.25, 0.3) is 0 Å². The molecule has 1 aromatic rings. The molecule has 3 heteroatoms. The van der Waals surface area contributed by atoms with Crippen LogP contribution in [0.5, 0.6) is 0 Å². The van der Waals surface area contributed by atoms with Crippen molar-refractivity contribution in [2.24, 2.45) is 4.99 Å². The standard InChI is InChI=1S/C14H13NO2/c16-10-11-3-5-12(6-4-11)14(17)8-7-13-2-1-9-15-13/h1,3-9,16H,2,10H2/b8-7+. The quantitative estimate of drug-likeness (QED) is 0.633. The van der Waals surface area contributed by atoms with Crippen LogP contribution in [0.4, 0.5) is 0 Å². The predicted octanol–water partition coefficient (Wildman–Crippen LogP) is 2.28. The van der Waals surface area contributed by atoms with Crippen LogP contribution in [0.1, 0.15) is 22.3 Å². The van der Waals surface area contributed by atoms with Gasteiger partial charge in [-0.1, -0.05) is 30.3 Å². The number of rotatable bonds is 4. The molecule has 1 heterocycles. The summed E-state index contributed by atoms with van der Waals surface area (Å²) in [6, 6.07) is 6.92. The van der Waals surface area contributed by atoms with Crippen molar-refractivity contribution in [2.75, 3.05) is 0 Å². The first-order valence-electron chi connectivity index (χ1n) is 5.43. The molecule has 0 saturated carbocycles. The number of benzene rings is 1. The maximum Gasteiger partial charge on any atom is 0.185 e. The zero-order valence-corrected chi connectivity index (χ0v) is 9.34. The molecule has 0 fully saturated rings. The molecule has 1 N–H and O–H groups in total. The Morgan fingerprint density at radius 2 is 2.12 bits per heavy atom. The molecule has 0 unspecified atom stereocenters. The van der Waals surface area contributed by atoms with E-state index in [-0.39, 0.29) is 12.4 Å².